The Bertz CT molecular complexity index is 1730. The van der Waals surface area contributed by atoms with Gasteiger partial charge in [0.1, 0.15) is 0 Å². The first-order valence-electron chi connectivity index (χ1n) is 10.2. The van der Waals surface area contributed by atoms with Crippen LogP contribution in [0.5, 0.6) is 5.75 Å². The number of non-ortho nitro benzene ring substituents is 1. The van der Waals surface area contributed by atoms with E-state index in [9.17, 15) is 38.1 Å². The second-order valence-corrected chi connectivity index (χ2v) is 8.86. The average Bonchev–Trinajstić information content (AvgIpc) is 2.86. The number of carboxylic acids is 1. The van der Waals surface area contributed by atoms with Gasteiger partial charge in [0.05, 0.1) is 38.5 Å². The Morgan fingerprint density at radius 2 is 1.46 bits per heavy atom. The monoisotopic (exact) mass is 565 g/mol. The minimum Gasteiger partial charge on any atom is -0.871 e. The fraction of sp³-hybridized carbons (Fsp3) is 0. The Labute approximate surface area is 264 Å². The molecule has 0 aliphatic carbocycles. The molecule has 0 bridgehead atoms. The summed E-state index contributed by atoms with van der Waals surface area (Å²) >= 11 is 0. The molecule has 4 rings (SSSR count). The molecule has 0 atom stereocenters. The fourth-order valence-corrected chi connectivity index (χ4v) is 3.74. The van der Waals surface area contributed by atoms with E-state index in [-0.39, 0.29) is 86.8 Å². The summed E-state index contributed by atoms with van der Waals surface area (Å²) in [7, 11) is -4.47. The first-order chi connectivity index (χ1) is 17.5. The van der Waals surface area contributed by atoms with Crippen LogP contribution >= 0.6 is 0 Å². The SMILES string of the molecule is O=C([O-])c1cc(N=Nc2cccc3ccc(S(=O)(=O)O)cc23)cc(N=Nc2ccc([N+](=O)[O-])cc2)c1[O-].[Na+].[Na+]. The van der Waals surface area contributed by atoms with Crippen LogP contribution < -0.4 is 69.3 Å². The number of carboxylic acid groups (broad SMARTS) is 1. The number of nitro groups is 1. The molecule has 0 unspecified atom stereocenters. The smallest absolute Gasteiger partial charge is 0.871 e. The van der Waals surface area contributed by atoms with Crippen LogP contribution in [0.2, 0.25) is 0 Å². The van der Waals surface area contributed by atoms with Crippen molar-refractivity contribution in [1.29, 1.82) is 0 Å². The number of nitrogens with zero attached hydrogens (tertiary/aromatic N) is 5. The van der Waals surface area contributed by atoms with E-state index in [2.05, 4.69) is 20.5 Å². The molecular formula is C23H13N5Na2O8S. The van der Waals surface area contributed by atoms with E-state index in [1.54, 1.807) is 12.1 Å². The molecular weight excluding hydrogens is 552 g/mol. The van der Waals surface area contributed by atoms with E-state index in [0.717, 1.165) is 12.1 Å². The minimum absolute atomic E-state index is 0. The van der Waals surface area contributed by atoms with E-state index < -0.39 is 38.0 Å². The second kappa shape index (κ2) is 13.3. The molecule has 186 valence electrons. The Balaban J connectivity index is 0.00000267. The molecule has 0 heterocycles. The molecule has 0 aliphatic rings. The van der Waals surface area contributed by atoms with Gasteiger partial charge in [0.2, 0.25) is 0 Å². The van der Waals surface area contributed by atoms with Crippen LogP contribution in [0.4, 0.5) is 28.4 Å². The molecule has 0 spiro atoms. The zero-order valence-electron chi connectivity index (χ0n) is 20.4. The maximum atomic E-state index is 12.5. The summed E-state index contributed by atoms with van der Waals surface area (Å²) in [5, 5.41) is 51.2. The number of hydrogen-bond acceptors (Lipinski definition) is 11. The number of rotatable bonds is 7. The van der Waals surface area contributed by atoms with E-state index in [1.807, 2.05) is 0 Å². The van der Waals surface area contributed by atoms with Crippen LogP contribution in [0.1, 0.15) is 10.4 Å². The van der Waals surface area contributed by atoms with Crippen LogP contribution in [-0.4, -0.2) is 23.9 Å². The number of carbonyl (C=O) groups excluding carboxylic acids is 1. The van der Waals surface area contributed by atoms with E-state index >= 15 is 0 Å². The predicted molar refractivity (Wildman–Crippen MR) is 125 cm³/mol. The van der Waals surface area contributed by atoms with Crippen LogP contribution in [0.15, 0.2) is 98.1 Å². The number of azo groups is 2. The molecule has 0 saturated heterocycles. The summed E-state index contributed by atoms with van der Waals surface area (Å²) in [5.41, 5.74) is -1.07. The van der Waals surface area contributed by atoms with E-state index in [1.165, 1.54) is 48.5 Å². The second-order valence-electron chi connectivity index (χ2n) is 7.44. The van der Waals surface area contributed by atoms with Gasteiger partial charge >= 0.3 is 59.1 Å². The molecule has 16 heteroatoms. The van der Waals surface area contributed by atoms with Crippen molar-refractivity contribution < 1.29 is 92.0 Å². The van der Waals surface area contributed by atoms with Gasteiger partial charge in [-0.25, -0.2) is 0 Å². The minimum atomic E-state index is -4.47. The number of benzene rings is 4. The Morgan fingerprint density at radius 3 is 2.08 bits per heavy atom. The Kier molecular flexibility index (Phi) is 11.0. The zero-order valence-corrected chi connectivity index (χ0v) is 25.2. The van der Waals surface area contributed by atoms with Gasteiger partial charge in [0, 0.05) is 17.5 Å². The summed E-state index contributed by atoms with van der Waals surface area (Å²) < 4.78 is 32.4. The topological polar surface area (TPSA) is 210 Å². The maximum absolute atomic E-state index is 12.5. The summed E-state index contributed by atoms with van der Waals surface area (Å²) in [6.45, 7) is 0. The third-order valence-electron chi connectivity index (χ3n) is 5.01. The summed E-state index contributed by atoms with van der Waals surface area (Å²) in [6, 6.07) is 15.7. The number of fused-ring (bicyclic) bond motifs is 1. The van der Waals surface area contributed by atoms with Gasteiger partial charge in [-0.15, -0.1) is 5.11 Å². The Hall–Kier alpha value is -3.08. The van der Waals surface area contributed by atoms with Crippen molar-refractivity contribution in [2.24, 2.45) is 20.5 Å². The molecule has 0 radical (unpaired) electrons. The van der Waals surface area contributed by atoms with Gasteiger partial charge < -0.3 is 15.0 Å². The molecule has 0 aliphatic heterocycles. The molecule has 39 heavy (non-hydrogen) atoms. The number of carbonyl (C=O) groups is 1. The molecule has 13 nitrogen and oxygen atoms in total. The van der Waals surface area contributed by atoms with Crippen LogP contribution in [-0.2, 0) is 10.1 Å². The quantitative estimate of drug-likeness (QED) is 0.0892. The summed E-state index contributed by atoms with van der Waals surface area (Å²) in [5.74, 6) is -2.77. The number of hydrogen-bond donors (Lipinski definition) is 1. The number of aromatic carboxylic acids is 1. The molecule has 0 aromatic heterocycles. The normalized spacial score (nSPS) is 11.3. The van der Waals surface area contributed by atoms with Gasteiger partial charge in [0.25, 0.3) is 15.8 Å². The zero-order chi connectivity index (χ0) is 26.7. The van der Waals surface area contributed by atoms with Crippen molar-refractivity contribution in [1.82, 2.24) is 0 Å². The van der Waals surface area contributed by atoms with Gasteiger partial charge in [-0.05, 0) is 53.4 Å². The third kappa shape index (κ3) is 7.74. The van der Waals surface area contributed by atoms with Crippen molar-refractivity contribution in [3.05, 3.63) is 88.5 Å². The van der Waals surface area contributed by atoms with Crippen LogP contribution in [0.25, 0.3) is 10.8 Å². The molecule has 4 aromatic rings. The van der Waals surface area contributed by atoms with Crippen molar-refractivity contribution in [2.45, 2.75) is 4.90 Å². The van der Waals surface area contributed by atoms with Crippen molar-refractivity contribution in [2.75, 3.05) is 0 Å². The fourth-order valence-electron chi connectivity index (χ4n) is 3.23. The average molecular weight is 565 g/mol. The summed E-state index contributed by atoms with van der Waals surface area (Å²) in [6.07, 6.45) is 0. The maximum Gasteiger partial charge on any atom is 1.00 e. The molecule has 1 N–H and O–H groups in total. The van der Waals surface area contributed by atoms with Gasteiger partial charge in [-0.3, -0.25) is 14.7 Å². The third-order valence-corrected chi connectivity index (χ3v) is 5.86. The van der Waals surface area contributed by atoms with Gasteiger partial charge in [-0.2, -0.15) is 23.8 Å². The van der Waals surface area contributed by atoms with E-state index in [0.29, 0.717) is 10.8 Å². The Morgan fingerprint density at radius 1 is 0.821 bits per heavy atom. The first kappa shape index (κ1) is 32.1. The van der Waals surface area contributed by atoms with E-state index in [4.69, 9.17) is 0 Å². The number of nitro benzene ring substituents is 1. The molecule has 0 amide bonds. The molecule has 4 aromatic carbocycles. The molecule has 0 saturated carbocycles. The van der Waals surface area contributed by atoms with Crippen LogP contribution in [0, 0.1) is 10.1 Å². The van der Waals surface area contributed by atoms with Crippen LogP contribution in [0.3, 0.4) is 0 Å². The summed E-state index contributed by atoms with van der Waals surface area (Å²) in [4.78, 5) is 21.3. The van der Waals surface area contributed by atoms with Gasteiger partial charge in [0.15, 0.2) is 0 Å². The standard InChI is InChI=1S/C23H15N5O8S.2Na/c29-22-19(23(30)31)10-15(11-21(22)27-24-14-5-7-16(8-6-14)28(32)33)25-26-20-3-1-2-13-4-9-17(12-18(13)20)37(34,35)36;;/h1-12,29H,(H,30,31)(H,34,35,36);;/q;2*+1/p-2. The predicted octanol–water partition coefficient (Wildman–Crippen LogP) is -1.73. The van der Waals surface area contributed by atoms with Gasteiger partial charge in [-0.1, -0.05) is 23.9 Å². The van der Waals surface area contributed by atoms with Crippen molar-refractivity contribution >= 4 is 55.3 Å². The van der Waals surface area contributed by atoms with Crippen molar-refractivity contribution in [3.8, 4) is 5.75 Å². The largest absolute Gasteiger partial charge is 1.00 e. The van der Waals surface area contributed by atoms with Crippen molar-refractivity contribution in [3.63, 3.8) is 0 Å². The molecule has 0 fully saturated rings. The first-order valence-corrected chi connectivity index (χ1v) is 11.6.